The van der Waals surface area contributed by atoms with Crippen molar-refractivity contribution in [3.8, 4) is 0 Å². The van der Waals surface area contributed by atoms with Crippen LogP contribution in [0.25, 0.3) is 0 Å². The van der Waals surface area contributed by atoms with Crippen LogP contribution < -0.4 is 0 Å². The van der Waals surface area contributed by atoms with E-state index in [1.54, 1.807) is 6.08 Å². The number of carbonyl (C=O) groups is 1. The van der Waals surface area contributed by atoms with Gasteiger partial charge in [-0.15, -0.1) is 6.58 Å². The van der Waals surface area contributed by atoms with Gasteiger partial charge < -0.3 is 10.2 Å². The summed E-state index contributed by atoms with van der Waals surface area (Å²) in [6.07, 6.45) is 8.87. The Kier molecular flexibility index (Phi) is 6.25. The van der Waals surface area contributed by atoms with Gasteiger partial charge in [-0.25, -0.2) is 0 Å². The molecule has 0 amide bonds. The second-order valence-corrected chi connectivity index (χ2v) is 6.26. The highest BCUT2D eigenvalue weighted by Crippen LogP contribution is 2.53. The molecule has 1 aliphatic carbocycles. The highest BCUT2D eigenvalue weighted by molar-refractivity contribution is 5.77. The Labute approximate surface area is 123 Å². The van der Waals surface area contributed by atoms with Crippen molar-refractivity contribution in [3.05, 3.63) is 12.7 Å². The molecule has 0 heterocycles. The molecule has 3 heteroatoms. The van der Waals surface area contributed by atoms with Crippen molar-refractivity contribution >= 4 is 5.97 Å². The monoisotopic (exact) mass is 282 g/mol. The number of carboxylic acids is 1. The summed E-state index contributed by atoms with van der Waals surface area (Å²) in [6, 6.07) is 0. The van der Waals surface area contributed by atoms with Crippen LogP contribution in [0.5, 0.6) is 0 Å². The lowest BCUT2D eigenvalue weighted by molar-refractivity contribution is -0.193. The Morgan fingerprint density at radius 2 is 2.10 bits per heavy atom. The van der Waals surface area contributed by atoms with Gasteiger partial charge in [-0.3, -0.25) is 4.79 Å². The minimum Gasteiger partial charge on any atom is -0.481 e. The maximum absolute atomic E-state index is 12.0. The van der Waals surface area contributed by atoms with Gasteiger partial charge in [-0.2, -0.15) is 0 Å². The third-order valence-electron chi connectivity index (χ3n) is 5.22. The van der Waals surface area contributed by atoms with Crippen LogP contribution in [0.15, 0.2) is 12.7 Å². The Hall–Kier alpha value is -0.830. The van der Waals surface area contributed by atoms with Crippen molar-refractivity contribution in [1.82, 2.24) is 0 Å². The van der Waals surface area contributed by atoms with E-state index in [-0.39, 0.29) is 5.92 Å². The molecule has 0 aromatic carbocycles. The first-order valence-corrected chi connectivity index (χ1v) is 8.05. The molecule has 0 spiro atoms. The molecule has 0 bridgehead atoms. The minimum atomic E-state index is -1.09. The van der Waals surface area contributed by atoms with E-state index in [1.807, 2.05) is 0 Å². The number of hydrogen-bond donors (Lipinski definition) is 2. The van der Waals surface area contributed by atoms with Gasteiger partial charge in [0.2, 0.25) is 0 Å². The van der Waals surface area contributed by atoms with Crippen molar-refractivity contribution in [3.63, 3.8) is 0 Å². The van der Waals surface area contributed by atoms with Crippen molar-refractivity contribution in [2.24, 2.45) is 11.3 Å². The van der Waals surface area contributed by atoms with E-state index in [9.17, 15) is 15.0 Å². The van der Waals surface area contributed by atoms with E-state index in [0.717, 1.165) is 38.5 Å². The summed E-state index contributed by atoms with van der Waals surface area (Å²) in [7, 11) is 0. The number of aliphatic hydroxyl groups is 1. The molecule has 0 aromatic rings. The summed E-state index contributed by atoms with van der Waals surface area (Å²) in [5.41, 5.74) is -2.13. The quantitative estimate of drug-likeness (QED) is 0.519. The summed E-state index contributed by atoms with van der Waals surface area (Å²) < 4.78 is 0. The van der Waals surface area contributed by atoms with Gasteiger partial charge in [-0.1, -0.05) is 52.0 Å². The van der Waals surface area contributed by atoms with Crippen molar-refractivity contribution in [2.75, 3.05) is 0 Å². The zero-order valence-electron chi connectivity index (χ0n) is 13.0. The smallest absolute Gasteiger partial charge is 0.312 e. The third-order valence-corrected chi connectivity index (χ3v) is 5.22. The fourth-order valence-electron chi connectivity index (χ4n) is 4.03. The number of hydrogen-bond acceptors (Lipinski definition) is 2. The van der Waals surface area contributed by atoms with E-state index < -0.39 is 17.0 Å². The molecule has 116 valence electrons. The fourth-order valence-corrected chi connectivity index (χ4v) is 4.03. The summed E-state index contributed by atoms with van der Waals surface area (Å²) in [5.74, 6) is -0.765. The average Bonchev–Trinajstić information content (AvgIpc) is 2.41. The molecule has 1 fully saturated rings. The predicted molar refractivity (Wildman–Crippen MR) is 81.6 cm³/mol. The molecule has 1 saturated carbocycles. The maximum Gasteiger partial charge on any atom is 0.312 e. The molecule has 20 heavy (non-hydrogen) atoms. The molecule has 2 N–H and O–H groups in total. The lowest BCUT2D eigenvalue weighted by Crippen LogP contribution is -2.59. The standard InChI is InChI=1S/C17H30O3/c1-4-7-8-13-17(20)14(6-3)10-9-12-16(17,11-5-2)15(18)19/h5,14,20H,2,4,6-13H2,1,3H3,(H,18,19). The molecule has 0 aromatic heterocycles. The molecular formula is C17H30O3. The molecule has 3 atom stereocenters. The van der Waals surface area contributed by atoms with Crippen LogP contribution in [0.1, 0.15) is 71.6 Å². The first kappa shape index (κ1) is 17.2. The highest BCUT2D eigenvalue weighted by atomic mass is 16.4. The van der Waals surface area contributed by atoms with Crippen LogP contribution in [-0.4, -0.2) is 21.8 Å². The Morgan fingerprint density at radius 1 is 1.40 bits per heavy atom. The number of rotatable bonds is 8. The largest absolute Gasteiger partial charge is 0.481 e. The summed E-state index contributed by atoms with van der Waals surface area (Å²) in [6.45, 7) is 7.90. The third kappa shape index (κ3) is 2.93. The Morgan fingerprint density at radius 3 is 2.60 bits per heavy atom. The summed E-state index contributed by atoms with van der Waals surface area (Å²) in [5, 5.41) is 21.2. The summed E-state index contributed by atoms with van der Waals surface area (Å²) in [4.78, 5) is 12.0. The molecule has 1 rings (SSSR count). The van der Waals surface area contributed by atoms with Crippen LogP contribution in [0.4, 0.5) is 0 Å². The lowest BCUT2D eigenvalue weighted by Gasteiger charge is -2.52. The Balaban J connectivity index is 3.13. The number of unbranched alkanes of at least 4 members (excludes halogenated alkanes) is 2. The van der Waals surface area contributed by atoms with E-state index in [4.69, 9.17) is 0 Å². The minimum absolute atomic E-state index is 0.0872. The Bertz CT molecular complexity index is 339. The van der Waals surface area contributed by atoms with Gasteiger partial charge in [-0.05, 0) is 31.6 Å². The molecule has 3 nitrogen and oxygen atoms in total. The first-order valence-electron chi connectivity index (χ1n) is 8.05. The van der Waals surface area contributed by atoms with E-state index in [1.165, 1.54) is 0 Å². The van der Waals surface area contributed by atoms with Gasteiger partial charge in [0.05, 0.1) is 5.60 Å². The second kappa shape index (κ2) is 7.26. The summed E-state index contributed by atoms with van der Waals surface area (Å²) >= 11 is 0. The van der Waals surface area contributed by atoms with Crippen LogP contribution >= 0.6 is 0 Å². The van der Waals surface area contributed by atoms with Gasteiger partial charge >= 0.3 is 5.97 Å². The van der Waals surface area contributed by atoms with E-state index >= 15 is 0 Å². The maximum atomic E-state index is 12.0. The van der Waals surface area contributed by atoms with Crippen LogP contribution in [0.2, 0.25) is 0 Å². The number of carboxylic acid groups (broad SMARTS) is 1. The first-order chi connectivity index (χ1) is 9.48. The number of allylic oxidation sites excluding steroid dienone is 1. The van der Waals surface area contributed by atoms with Crippen molar-refractivity contribution < 1.29 is 15.0 Å². The molecule has 0 radical (unpaired) electrons. The van der Waals surface area contributed by atoms with E-state index in [2.05, 4.69) is 20.4 Å². The van der Waals surface area contributed by atoms with Crippen molar-refractivity contribution in [2.45, 2.75) is 77.2 Å². The van der Waals surface area contributed by atoms with Crippen molar-refractivity contribution in [1.29, 1.82) is 0 Å². The average molecular weight is 282 g/mol. The van der Waals surface area contributed by atoms with Gasteiger partial charge in [0.15, 0.2) is 0 Å². The second-order valence-electron chi connectivity index (χ2n) is 6.26. The van der Waals surface area contributed by atoms with Gasteiger partial charge in [0.25, 0.3) is 0 Å². The van der Waals surface area contributed by atoms with E-state index in [0.29, 0.717) is 19.3 Å². The van der Waals surface area contributed by atoms with Crippen LogP contribution in [-0.2, 0) is 4.79 Å². The molecule has 3 unspecified atom stereocenters. The normalized spacial score (nSPS) is 33.9. The highest BCUT2D eigenvalue weighted by Gasteiger charge is 2.59. The van der Waals surface area contributed by atoms with Crippen LogP contribution in [0, 0.1) is 11.3 Å². The SMILES string of the molecule is C=CCC1(C(=O)O)CCCC(CC)C1(O)CCCCC. The zero-order valence-corrected chi connectivity index (χ0v) is 13.0. The molecule has 0 aliphatic heterocycles. The molecule has 0 saturated heterocycles. The molecule has 1 aliphatic rings. The fraction of sp³-hybridized carbons (Fsp3) is 0.824. The molecular weight excluding hydrogens is 252 g/mol. The number of aliphatic carboxylic acids is 1. The van der Waals surface area contributed by atoms with Gasteiger partial charge in [0, 0.05) is 0 Å². The lowest BCUT2D eigenvalue weighted by atomic mass is 9.55. The van der Waals surface area contributed by atoms with Gasteiger partial charge in [0.1, 0.15) is 5.41 Å². The van der Waals surface area contributed by atoms with Crippen LogP contribution in [0.3, 0.4) is 0 Å². The topological polar surface area (TPSA) is 57.5 Å². The predicted octanol–water partition coefficient (Wildman–Crippen LogP) is 4.16. The zero-order chi connectivity index (χ0) is 15.2.